The second-order valence-corrected chi connectivity index (χ2v) is 5.02. The number of hydrogen-bond acceptors (Lipinski definition) is 3. The van der Waals surface area contributed by atoms with Crippen LogP contribution < -0.4 is 5.32 Å². The van der Waals surface area contributed by atoms with Crippen LogP contribution in [-0.2, 0) is 4.74 Å². The minimum atomic E-state index is -0.522. The lowest BCUT2D eigenvalue weighted by molar-refractivity contribution is 0.0911. The molecule has 18 heavy (non-hydrogen) atoms. The fourth-order valence-corrected chi connectivity index (χ4v) is 2.44. The van der Waals surface area contributed by atoms with E-state index < -0.39 is 5.82 Å². The summed E-state index contributed by atoms with van der Waals surface area (Å²) in [6, 6.07) is 4.27. The summed E-state index contributed by atoms with van der Waals surface area (Å²) in [5.74, 6) is -0.906. The molecule has 0 aliphatic heterocycles. The van der Waals surface area contributed by atoms with E-state index in [1.807, 2.05) is 0 Å². The Labute approximate surface area is 111 Å². The number of halogens is 1. The monoisotopic (exact) mass is 269 g/mol. The Balaban J connectivity index is 2.02. The summed E-state index contributed by atoms with van der Waals surface area (Å²) in [6.45, 7) is 0. The van der Waals surface area contributed by atoms with Crippen LogP contribution in [0.5, 0.6) is 0 Å². The largest absolute Gasteiger partial charge is 0.381 e. The first-order valence-electron chi connectivity index (χ1n) is 5.92. The van der Waals surface area contributed by atoms with Crippen LogP contribution in [0.25, 0.3) is 0 Å². The maximum atomic E-state index is 13.5. The molecule has 2 rings (SSSR count). The van der Waals surface area contributed by atoms with Crippen molar-refractivity contribution in [3.8, 4) is 0 Å². The van der Waals surface area contributed by atoms with Gasteiger partial charge in [-0.15, -0.1) is 12.6 Å². The van der Waals surface area contributed by atoms with Gasteiger partial charge in [0.05, 0.1) is 11.7 Å². The number of benzene rings is 1. The maximum absolute atomic E-state index is 13.5. The van der Waals surface area contributed by atoms with Crippen LogP contribution in [-0.4, -0.2) is 25.2 Å². The molecule has 0 saturated heterocycles. The zero-order chi connectivity index (χ0) is 13.1. The van der Waals surface area contributed by atoms with Crippen LogP contribution in [0, 0.1) is 5.82 Å². The molecule has 1 aliphatic rings. The zero-order valence-corrected chi connectivity index (χ0v) is 11.0. The molecule has 3 nitrogen and oxygen atoms in total. The first kappa shape index (κ1) is 13.4. The number of carbonyl (C=O) groups is 1. The van der Waals surface area contributed by atoms with Crippen LogP contribution in [0.2, 0.25) is 0 Å². The summed E-state index contributed by atoms with van der Waals surface area (Å²) in [6.07, 6.45) is 2.77. The summed E-state index contributed by atoms with van der Waals surface area (Å²) in [5.41, 5.74) is 0.0448. The Morgan fingerprint density at radius 2 is 2.28 bits per heavy atom. The Morgan fingerprint density at radius 1 is 1.50 bits per heavy atom. The van der Waals surface area contributed by atoms with E-state index in [0.717, 1.165) is 19.3 Å². The SMILES string of the molecule is COC1CCC(NC(=O)c2cc(S)ccc2F)C1. The van der Waals surface area contributed by atoms with Gasteiger partial charge >= 0.3 is 0 Å². The lowest BCUT2D eigenvalue weighted by Gasteiger charge is -2.13. The summed E-state index contributed by atoms with van der Waals surface area (Å²) >= 11 is 4.11. The van der Waals surface area contributed by atoms with E-state index in [0.29, 0.717) is 4.90 Å². The van der Waals surface area contributed by atoms with Crippen LogP contribution in [0.15, 0.2) is 23.1 Å². The zero-order valence-electron chi connectivity index (χ0n) is 10.1. The molecule has 1 aliphatic carbocycles. The Morgan fingerprint density at radius 3 is 2.94 bits per heavy atom. The minimum Gasteiger partial charge on any atom is -0.381 e. The maximum Gasteiger partial charge on any atom is 0.254 e. The van der Waals surface area contributed by atoms with E-state index in [-0.39, 0.29) is 23.6 Å². The molecule has 1 amide bonds. The molecule has 0 aromatic heterocycles. The van der Waals surface area contributed by atoms with Crippen molar-refractivity contribution >= 4 is 18.5 Å². The molecule has 1 N–H and O–H groups in total. The first-order valence-corrected chi connectivity index (χ1v) is 6.37. The number of ether oxygens (including phenoxy) is 1. The average molecular weight is 269 g/mol. The summed E-state index contributed by atoms with van der Waals surface area (Å²) < 4.78 is 18.8. The van der Waals surface area contributed by atoms with E-state index >= 15 is 0 Å². The fourth-order valence-electron chi connectivity index (χ4n) is 2.24. The van der Waals surface area contributed by atoms with E-state index in [4.69, 9.17) is 4.74 Å². The third-order valence-electron chi connectivity index (χ3n) is 3.25. The molecule has 2 unspecified atom stereocenters. The van der Waals surface area contributed by atoms with Crippen molar-refractivity contribution in [2.75, 3.05) is 7.11 Å². The van der Waals surface area contributed by atoms with Crippen LogP contribution in [0.4, 0.5) is 4.39 Å². The highest BCUT2D eigenvalue weighted by Crippen LogP contribution is 2.22. The number of methoxy groups -OCH3 is 1. The molecular formula is C13H16FNO2S. The van der Waals surface area contributed by atoms with E-state index in [2.05, 4.69) is 17.9 Å². The lowest BCUT2D eigenvalue weighted by Crippen LogP contribution is -2.33. The molecule has 5 heteroatoms. The normalized spacial score (nSPS) is 23.1. The second-order valence-electron chi connectivity index (χ2n) is 4.51. The van der Waals surface area contributed by atoms with Crippen LogP contribution in [0.1, 0.15) is 29.6 Å². The van der Waals surface area contributed by atoms with Crippen molar-refractivity contribution < 1.29 is 13.9 Å². The van der Waals surface area contributed by atoms with Gasteiger partial charge < -0.3 is 10.1 Å². The smallest absolute Gasteiger partial charge is 0.254 e. The van der Waals surface area contributed by atoms with Crippen molar-refractivity contribution in [2.24, 2.45) is 0 Å². The number of carbonyl (C=O) groups excluding carboxylic acids is 1. The molecule has 1 saturated carbocycles. The van der Waals surface area contributed by atoms with E-state index in [1.54, 1.807) is 7.11 Å². The Bertz CT molecular complexity index is 453. The van der Waals surface area contributed by atoms with Gasteiger partial charge in [0.1, 0.15) is 5.82 Å². The molecule has 2 atom stereocenters. The standard InChI is InChI=1S/C13H16FNO2S/c1-17-9-3-2-8(6-9)15-13(16)11-7-10(18)4-5-12(11)14/h4-5,7-9,18H,2-3,6H2,1H3,(H,15,16). The van der Waals surface area contributed by atoms with E-state index in [9.17, 15) is 9.18 Å². The van der Waals surface area contributed by atoms with Crippen LogP contribution in [0.3, 0.4) is 0 Å². The predicted molar refractivity (Wildman–Crippen MR) is 69.6 cm³/mol. The van der Waals surface area contributed by atoms with Crippen molar-refractivity contribution in [3.05, 3.63) is 29.6 Å². The Kier molecular flexibility index (Phi) is 4.24. The molecular weight excluding hydrogens is 253 g/mol. The highest BCUT2D eigenvalue weighted by Gasteiger charge is 2.26. The van der Waals surface area contributed by atoms with Gasteiger partial charge in [-0.25, -0.2) is 4.39 Å². The van der Waals surface area contributed by atoms with Crippen molar-refractivity contribution in [1.29, 1.82) is 0 Å². The highest BCUT2D eigenvalue weighted by atomic mass is 32.1. The van der Waals surface area contributed by atoms with Gasteiger partial charge in [-0.1, -0.05) is 0 Å². The molecule has 0 radical (unpaired) electrons. The number of nitrogens with one attached hydrogen (secondary N) is 1. The van der Waals surface area contributed by atoms with Crippen molar-refractivity contribution in [2.45, 2.75) is 36.3 Å². The molecule has 1 aromatic rings. The van der Waals surface area contributed by atoms with Crippen molar-refractivity contribution in [3.63, 3.8) is 0 Å². The second kappa shape index (κ2) is 5.71. The van der Waals surface area contributed by atoms with Crippen molar-refractivity contribution in [1.82, 2.24) is 5.32 Å². The predicted octanol–water partition coefficient (Wildman–Crippen LogP) is 2.41. The fraction of sp³-hybridized carbons (Fsp3) is 0.462. The molecule has 98 valence electrons. The quantitative estimate of drug-likeness (QED) is 0.827. The third kappa shape index (κ3) is 3.03. The molecule has 0 bridgehead atoms. The van der Waals surface area contributed by atoms with E-state index in [1.165, 1.54) is 18.2 Å². The minimum absolute atomic E-state index is 0.0448. The number of amides is 1. The number of thiol groups is 1. The van der Waals surface area contributed by atoms with Gasteiger partial charge in [-0.05, 0) is 37.5 Å². The first-order chi connectivity index (χ1) is 8.60. The molecule has 0 spiro atoms. The van der Waals surface area contributed by atoms with Gasteiger partial charge in [-0.3, -0.25) is 4.79 Å². The molecule has 0 heterocycles. The van der Waals surface area contributed by atoms with Gasteiger partial charge in [0, 0.05) is 18.0 Å². The van der Waals surface area contributed by atoms with Crippen LogP contribution >= 0.6 is 12.6 Å². The Hall–Kier alpha value is -1.07. The topological polar surface area (TPSA) is 38.3 Å². The molecule has 1 fully saturated rings. The summed E-state index contributed by atoms with van der Waals surface area (Å²) in [5, 5.41) is 2.83. The van der Waals surface area contributed by atoms with Gasteiger partial charge in [-0.2, -0.15) is 0 Å². The number of hydrogen-bond donors (Lipinski definition) is 2. The lowest BCUT2D eigenvalue weighted by atomic mass is 10.1. The van der Waals surface area contributed by atoms with Gasteiger partial charge in [0.15, 0.2) is 0 Å². The highest BCUT2D eigenvalue weighted by molar-refractivity contribution is 7.80. The van der Waals surface area contributed by atoms with Gasteiger partial charge in [0.2, 0.25) is 0 Å². The average Bonchev–Trinajstić information content (AvgIpc) is 2.80. The molecule has 1 aromatic carbocycles. The third-order valence-corrected chi connectivity index (χ3v) is 3.53. The summed E-state index contributed by atoms with van der Waals surface area (Å²) in [7, 11) is 1.67. The van der Waals surface area contributed by atoms with Gasteiger partial charge in [0.25, 0.3) is 5.91 Å². The number of rotatable bonds is 3. The summed E-state index contributed by atoms with van der Waals surface area (Å²) in [4.78, 5) is 12.5.